The van der Waals surface area contributed by atoms with Crippen LogP contribution in [0.3, 0.4) is 0 Å². The van der Waals surface area contributed by atoms with Gasteiger partial charge in [-0.1, -0.05) is 22.9 Å². The van der Waals surface area contributed by atoms with Crippen LogP contribution < -0.4 is 10.5 Å². The molecule has 0 spiro atoms. The zero-order chi connectivity index (χ0) is 14.9. The lowest BCUT2D eigenvalue weighted by molar-refractivity contribution is 0.289. The molecule has 1 aromatic carbocycles. The highest BCUT2D eigenvalue weighted by molar-refractivity contribution is 9.10. The third-order valence-corrected chi connectivity index (χ3v) is 5.61. The topological polar surface area (TPSA) is 75.4 Å². The molecule has 0 saturated carbocycles. The van der Waals surface area contributed by atoms with Gasteiger partial charge in [0, 0.05) is 17.6 Å². The lowest BCUT2D eigenvalue weighted by Crippen LogP contribution is -2.41. The number of nitrogens with zero attached hydrogens (tertiary/aromatic N) is 1. The van der Waals surface area contributed by atoms with Gasteiger partial charge in [-0.3, -0.25) is 4.72 Å². The van der Waals surface area contributed by atoms with Gasteiger partial charge in [0.2, 0.25) is 0 Å². The number of hydrogen-bond acceptors (Lipinski definition) is 3. The quantitative estimate of drug-likeness (QED) is 0.812. The van der Waals surface area contributed by atoms with Crippen LogP contribution in [0.25, 0.3) is 0 Å². The fourth-order valence-electron chi connectivity index (χ4n) is 2.33. The smallest absolute Gasteiger partial charge is 0.301 e. The molecule has 1 heterocycles. The Balaban J connectivity index is 2.21. The number of rotatable bonds is 3. The summed E-state index contributed by atoms with van der Waals surface area (Å²) in [6.45, 7) is 5.10. The van der Waals surface area contributed by atoms with Gasteiger partial charge < -0.3 is 5.73 Å². The fraction of sp³-hybridized carbons (Fsp3) is 0.538. The summed E-state index contributed by atoms with van der Waals surface area (Å²) < 4.78 is 29.7. The molecule has 1 aliphatic rings. The van der Waals surface area contributed by atoms with E-state index in [0.717, 1.165) is 22.9 Å². The van der Waals surface area contributed by atoms with Gasteiger partial charge in [-0.05, 0) is 43.4 Å². The lowest BCUT2D eigenvalue weighted by Gasteiger charge is -2.30. The molecule has 20 heavy (non-hydrogen) atoms. The number of anilines is 2. The molecule has 1 fully saturated rings. The van der Waals surface area contributed by atoms with Crippen LogP contribution in [0.1, 0.15) is 25.3 Å². The lowest BCUT2D eigenvalue weighted by atomic mass is 10.0. The molecule has 2 rings (SSSR count). The van der Waals surface area contributed by atoms with Gasteiger partial charge >= 0.3 is 10.2 Å². The molecule has 0 aliphatic carbocycles. The highest BCUT2D eigenvalue weighted by atomic mass is 79.9. The Kier molecular flexibility index (Phi) is 4.61. The van der Waals surface area contributed by atoms with E-state index in [2.05, 4.69) is 27.6 Å². The largest absolute Gasteiger partial charge is 0.397 e. The molecule has 0 atom stereocenters. The molecule has 7 heteroatoms. The molecular formula is C13H20BrN3O2S. The van der Waals surface area contributed by atoms with E-state index in [-0.39, 0.29) is 0 Å². The Morgan fingerprint density at radius 2 is 1.95 bits per heavy atom. The second-order valence-electron chi connectivity index (χ2n) is 5.38. The van der Waals surface area contributed by atoms with E-state index in [1.807, 2.05) is 13.0 Å². The Hall–Kier alpha value is -0.790. The summed E-state index contributed by atoms with van der Waals surface area (Å²) in [7, 11) is -3.53. The standard InChI is InChI=1S/C13H20BrN3O2S/c1-9-3-5-17(6-4-9)20(18,19)16-13-10(2)7-11(14)8-12(13)15/h7-9,16H,3-6,15H2,1-2H3. The van der Waals surface area contributed by atoms with Crippen molar-refractivity contribution in [2.24, 2.45) is 5.92 Å². The Bertz CT molecular complexity index is 573. The molecule has 1 aromatic rings. The summed E-state index contributed by atoms with van der Waals surface area (Å²) in [6, 6.07) is 3.54. The molecule has 0 aromatic heterocycles. The molecular weight excluding hydrogens is 342 g/mol. The number of halogens is 1. The summed E-state index contributed by atoms with van der Waals surface area (Å²) in [5.41, 5.74) is 7.59. The van der Waals surface area contributed by atoms with E-state index < -0.39 is 10.2 Å². The van der Waals surface area contributed by atoms with Crippen molar-refractivity contribution in [3.63, 3.8) is 0 Å². The number of piperidine rings is 1. The minimum absolute atomic E-state index is 0.422. The number of nitrogens with one attached hydrogen (secondary N) is 1. The van der Waals surface area contributed by atoms with Gasteiger partial charge in [0.05, 0.1) is 11.4 Å². The van der Waals surface area contributed by atoms with Gasteiger partial charge in [-0.25, -0.2) is 0 Å². The maximum Gasteiger partial charge on any atom is 0.301 e. The third-order valence-electron chi connectivity index (χ3n) is 3.64. The maximum atomic E-state index is 12.4. The van der Waals surface area contributed by atoms with Crippen molar-refractivity contribution in [3.8, 4) is 0 Å². The van der Waals surface area contributed by atoms with Gasteiger partial charge in [0.15, 0.2) is 0 Å². The zero-order valence-electron chi connectivity index (χ0n) is 11.7. The average Bonchev–Trinajstić information content (AvgIpc) is 2.34. The molecule has 1 aliphatic heterocycles. The van der Waals surface area contributed by atoms with E-state index in [4.69, 9.17) is 5.73 Å². The first kappa shape index (κ1) is 15.6. The van der Waals surface area contributed by atoms with Crippen LogP contribution in [0.15, 0.2) is 16.6 Å². The van der Waals surface area contributed by atoms with Crippen molar-refractivity contribution < 1.29 is 8.42 Å². The van der Waals surface area contributed by atoms with Gasteiger partial charge in [-0.2, -0.15) is 12.7 Å². The van der Waals surface area contributed by atoms with E-state index >= 15 is 0 Å². The summed E-state index contributed by atoms with van der Waals surface area (Å²) in [4.78, 5) is 0. The molecule has 0 radical (unpaired) electrons. The Morgan fingerprint density at radius 1 is 1.35 bits per heavy atom. The number of hydrogen-bond donors (Lipinski definition) is 2. The van der Waals surface area contributed by atoms with Crippen molar-refractivity contribution in [2.45, 2.75) is 26.7 Å². The minimum atomic E-state index is -3.53. The van der Waals surface area contributed by atoms with Crippen molar-refractivity contribution in [3.05, 3.63) is 22.2 Å². The second kappa shape index (κ2) is 5.91. The van der Waals surface area contributed by atoms with Crippen LogP contribution in [0.5, 0.6) is 0 Å². The molecule has 1 saturated heterocycles. The van der Waals surface area contributed by atoms with E-state index in [0.29, 0.717) is 30.4 Å². The average molecular weight is 362 g/mol. The Labute approximate surface area is 128 Å². The molecule has 3 N–H and O–H groups in total. The summed E-state index contributed by atoms with van der Waals surface area (Å²) >= 11 is 3.34. The predicted octanol–water partition coefficient (Wildman–Crippen LogP) is 2.73. The van der Waals surface area contributed by atoms with Crippen LogP contribution >= 0.6 is 15.9 Å². The molecule has 0 amide bonds. The molecule has 0 bridgehead atoms. The van der Waals surface area contributed by atoms with E-state index in [9.17, 15) is 8.42 Å². The highest BCUT2D eigenvalue weighted by Crippen LogP contribution is 2.29. The van der Waals surface area contributed by atoms with Crippen molar-refractivity contribution in [1.29, 1.82) is 0 Å². The van der Waals surface area contributed by atoms with Crippen molar-refractivity contribution in [2.75, 3.05) is 23.5 Å². The third kappa shape index (κ3) is 3.45. The van der Waals surface area contributed by atoms with Crippen LogP contribution in [-0.4, -0.2) is 25.8 Å². The summed E-state index contributed by atoms with van der Waals surface area (Å²) in [6.07, 6.45) is 1.80. The number of nitrogen functional groups attached to an aromatic ring is 1. The highest BCUT2D eigenvalue weighted by Gasteiger charge is 2.27. The molecule has 112 valence electrons. The van der Waals surface area contributed by atoms with Crippen LogP contribution in [0, 0.1) is 12.8 Å². The molecule has 0 unspecified atom stereocenters. The van der Waals surface area contributed by atoms with E-state index in [1.54, 1.807) is 6.07 Å². The monoisotopic (exact) mass is 361 g/mol. The first-order valence-corrected chi connectivity index (χ1v) is 8.86. The van der Waals surface area contributed by atoms with Crippen LogP contribution in [-0.2, 0) is 10.2 Å². The van der Waals surface area contributed by atoms with E-state index in [1.165, 1.54) is 4.31 Å². The number of aryl methyl sites for hydroxylation is 1. The summed E-state index contributed by atoms with van der Waals surface area (Å²) in [5.74, 6) is 0.584. The first-order chi connectivity index (χ1) is 9.29. The predicted molar refractivity (Wildman–Crippen MR) is 85.8 cm³/mol. The number of nitrogens with two attached hydrogens (primary N) is 1. The molecule has 5 nitrogen and oxygen atoms in total. The second-order valence-corrected chi connectivity index (χ2v) is 7.96. The fourth-order valence-corrected chi connectivity index (χ4v) is 4.27. The van der Waals surface area contributed by atoms with Gasteiger partial charge in [0.25, 0.3) is 0 Å². The first-order valence-electron chi connectivity index (χ1n) is 6.63. The maximum absolute atomic E-state index is 12.4. The van der Waals surface area contributed by atoms with Gasteiger partial charge in [-0.15, -0.1) is 0 Å². The van der Waals surface area contributed by atoms with Crippen molar-refractivity contribution >= 4 is 37.5 Å². The van der Waals surface area contributed by atoms with Crippen LogP contribution in [0.2, 0.25) is 0 Å². The zero-order valence-corrected chi connectivity index (χ0v) is 14.1. The SMILES string of the molecule is Cc1cc(Br)cc(N)c1NS(=O)(=O)N1CCC(C)CC1. The number of benzene rings is 1. The minimum Gasteiger partial charge on any atom is -0.397 e. The van der Waals surface area contributed by atoms with Crippen molar-refractivity contribution in [1.82, 2.24) is 4.31 Å². The summed E-state index contributed by atoms with van der Waals surface area (Å²) in [5, 5.41) is 0. The Morgan fingerprint density at radius 3 is 2.50 bits per heavy atom. The van der Waals surface area contributed by atoms with Crippen LogP contribution in [0.4, 0.5) is 11.4 Å². The normalized spacial score (nSPS) is 18.1. The van der Waals surface area contributed by atoms with Gasteiger partial charge in [0.1, 0.15) is 0 Å².